The average molecular weight is 364 g/mol. The Kier molecular flexibility index (Phi) is 4.29. The molecule has 7 nitrogen and oxygen atoms in total. The van der Waals surface area contributed by atoms with Crippen LogP contribution in [0.15, 0.2) is 5.38 Å². The maximum Gasteiger partial charge on any atom is 0.229 e. The minimum absolute atomic E-state index is 0.0234. The highest BCUT2D eigenvalue weighted by molar-refractivity contribution is 7.09. The molecule has 4 rings (SSSR count). The van der Waals surface area contributed by atoms with Crippen molar-refractivity contribution in [3.8, 4) is 0 Å². The molecule has 3 N–H and O–H groups in total. The summed E-state index contributed by atoms with van der Waals surface area (Å²) in [5.41, 5.74) is 6.18. The van der Waals surface area contributed by atoms with Gasteiger partial charge in [0.2, 0.25) is 11.8 Å². The summed E-state index contributed by atoms with van der Waals surface area (Å²) in [7, 11) is 0. The standard InChI is InChI=1S/C17H24N4O3S/c1-2-10-8-25-12(20-10)7-19-15(22)13-11-3-4-17(24-11)9-21(6-5-18)16(23)14(13)17/h8,11,13-14H,2-7,9,18H2,1H3,(H,19,22)/t11-,13-,14+,17-/m0/s1. The van der Waals surface area contributed by atoms with Crippen LogP contribution in [0.4, 0.5) is 0 Å². The van der Waals surface area contributed by atoms with E-state index in [1.807, 2.05) is 5.38 Å². The van der Waals surface area contributed by atoms with Crippen LogP contribution in [0.25, 0.3) is 0 Å². The van der Waals surface area contributed by atoms with E-state index in [-0.39, 0.29) is 23.8 Å². The number of fused-ring (bicyclic) bond motifs is 1. The van der Waals surface area contributed by atoms with Crippen molar-refractivity contribution in [3.63, 3.8) is 0 Å². The highest BCUT2D eigenvalue weighted by Gasteiger charge is 2.68. The number of hydrogen-bond donors (Lipinski definition) is 2. The fraction of sp³-hybridized carbons (Fsp3) is 0.706. The molecule has 8 heteroatoms. The van der Waals surface area contributed by atoms with E-state index in [9.17, 15) is 9.59 Å². The van der Waals surface area contributed by atoms with E-state index < -0.39 is 11.5 Å². The number of ether oxygens (including phenoxy) is 1. The Balaban J connectivity index is 1.46. The zero-order valence-electron chi connectivity index (χ0n) is 14.4. The van der Waals surface area contributed by atoms with E-state index in [1.165, 1.54) is 0 Å². The predicted octanol–water partition coefficient (Wildman–Crippen LogP) is 0.286. The third-order valence-electron chi connectivity index (χ3n) is 5.68. The highest BCUT2D eigenvalue weighted by atomic mass is 32.1. The molecule has 4 atom stereocenters. The van der Waals surface area contributed by atoms with Crippen molar-refractivity contribution in [1.82, 2.24) is 15.2 Å². The maximum absolute atomic E-state index is 12.8. The Morgan fingerprint density at radius 3 is 3.16 bits per heavy atom. The van der Waals surface area contributed by atoms with E-state index in [0.717, 1.165) is 30.0 Å². The molecule has 3 aliphatic heterocycles. The number of rotatable bonds is 6. The van der Waals surface area contributed by atoms with Crippen LogP contribution in [-0.2, 0) is 27.3 Å². The van der Waals surface area contributed by atoms with Gasteiger partial charge < -0.3 is 20.7 Å². The fourth-order valence-corrected chi connectivity index (χ4v) is 5.38. The Hall–Kier alpha value is -1.51. The Morgan fingerprint density at radius 2 is 2.44 bits per heavy atom. The number of nitrogens with one attached hydrogen (secondary N) is 1. The number of nitrogens with zero attached hydrogens (tertiary/aromatic N) is 2. The molecule has 1 spiro atoms. The van der Waals surface area contributed by atoms with Crippen molar-refractivity contribution in [2.75, 3.05) is 19.6 Å². The summed E-state index contributed by atoms with van der Waals surface area (Å²) in [6.45, 7) is 3.99. The Morgan fingerprint density at radius 1 is 1.60 bits per heavy atom. The summed E-state index contributed by atoms with van der Waals surface area (Å²) in [6.07, 6.45) is 2.44. The fourth-order valence-electron chi connectivity index (χ4n) is 4.56. The molecular formula is C17H24N4O3S. The summed E-state index contributed by atoms with van der Waals surface area (Å²) in [5.74, 6) is -0.821. The molecule has 1 aromatic heterocycles. The van der Waals surface area contributed by atoms with Crippen molar-refractivity contribution >= 4 is 23.2 Å². The molecule has 4 heterocycles. The van der Waals surface area contributed by atoms with Crippen molar-refractivity contribution in [2.45, 2.75) is 44.4 Å². The third-order valence-corrected chi connectivity index (χ3v) is 6.58. The van der Waals surface area contributed by atoms with Gasteiger partial charge in [-0.1, -0.05) is 6.92 Å². The van der Waals surface area contributed by atoms with Gasteiger partial charge in [0.15, 0.2) is 0 Å². The van der Waals surface area contributed by atoms with Gasteiger partial charge in [0.1, 0.15) is 5.01 Å². The van der Waals surface area contributed by atoms with Gasteiger partial charge >= 0.3 is 0 Å². The number of likely N-dealkylation sites (tertiary alicyclic amines) is 1. The van der Waals surface area contributed by atoms with E-state index >= 15 is 0 Å². The van der Waals surface area contributed by atoms with Crippen LogP contribution in [0, 0.1) is 11.8 Å². The van der Waals surface area contributed by atoms with Gasteiger partial charge in [-0.2, -0.15) is 0 Å². The largest absolute Gasteiger partial charge is 0.368 e. The SMILES string of the molecule is CCc1csc(CNC(=O)[C@H]2[C@@H]3CC[C@@]4(CN(CCN)C(=O)[C@@H]24)O3)n1. The van der Waals surface area contributed by atoms with Crippen molar-refractivity contribution in [2.24, 2.45) is 17.6 Å². The second-order valence-corrected chi connectivity index (χ2v) is 8.06. The molecule has 0 saturated carbocycles. The van der Waals surface area contributed by atoms with Crippen LogP contribution in [0.3, 0.4) is 0 Å². The minimum Gasteiger partial charge on any atom is -0.368 e. The Bertz CT molecular complexity index is 693. The zero-order valence-corrected chi connectivity index (χ0v) is 15.2. The highest BCUT2D eigenvalue weighted by Crippen LogP contribution is 2.55. The van der Waals surface area contributed by atoms with Gasteiger partial charge in [0, 0.05) is 18.5 Å². The molecule has 1 aromatic rings. The van der Waals surface area contributed by atoms with Gasteiger partial charge in [-0.15, -0.1) is 11.3 Å². The summed E-state index contributed by atoms with van der Waals surface area (Å²) in [6, 6.07) is 0. The lowest BCUT2D eigenvalue weighted by atomic mass is 9.73. The first-order valence-corrected chi connectivity index (χ1v) is 9.83. The third kappa shape index (κ3) is 2.67. The van der Waals surface area contributed by atoms with Crippen LogP contribution < -0.4 is 11.1 Å². The Labute approximate surface area is 150 Å². The lowest BCUT2D eigenvalue weighted by Gasteiger charge is -2.26. The first kappa shape index (κ1) is 16.9. The maximum atomic E-state index is 12.8. The lowest BCUT2D eigenvalue weighted by Crippen LogP contribution is -2.45. The predicted molar refractivity (Wildman–Crippen MR) is 92.8 cm³/mol. The van der Waals surface area contributed by atoms with E-state index in [4.69, 9.17) is 10.5 Å². The molecule has 25 heavy (non-hydrogen) atoms. The average Bonchev–Trinajstić information content (AvgIpc) is 3.34. The smallest absolute Gasteiger partial charge is 0.229 e. The van der Waals surface area contributed by atoms with Crippen LogP contribution >= 0.6 is 11.3 Å². The van der Waals surface area contributed by atoms with Crippen molar-refractivity contribution < 1.29 is 14.3 Å². The molecule has 0 radical (unpaired) electrons. The quantitative estimate of drug-likeness (QED) is 0.756. The second-order valence-electron chi connectivity index (χ2n) is 7.12. The van der Waals surface area contributed by atoms with Gasteiger partial charge in [0.05, 0.1) is 42.3 Å². The number of carbonyl (C=O) groups is 2. The number of amides is 2. The first-order valence-electron chi connectivity index (χ1n) is 8.95. The molecule has 0 unspecified atom stereocenters. The molecule has 2 amide bonds. The monoisotopic (exact) mass is 364 g/mol. The van der Waals surface area contributed by atoms with E-state index in [0.29, 0.717) is 26.2 Å². The van der Waals surface area contributed by atoms with Crippen molar-refractivity contribution in [3.05, 3.63) is 16.1 Å². The molecule has 3 saturated heterocycles. The van der Waals surface area contributed by atoms with Crippen LogP contribution in [-0.4, -0.2) is 53.0 Å². The molecule has 3 fully saturated rings. The normalized spacial score (nSPS) is 33.1. The number of nitrogens with two attached hydrogens (primary N) is 1. The van der Waals surface area contributed by atoms with Crippen LogP contribution in [0.1, 0.15) is 30.5 Å². The van der Waals surface area contributed by atoms with E-state index in [1.54, 1.807) is 16.2 Å². The molecule has 136 valence electrons. The molecule has 2 bridgehead atoms. The van der Waals surface area contributed by atoms with Gasteiger partial charge in [-0.05, 0) is 19.3 Å². The summed E-state index contributed by atoms with van der Waals surface area (Å²) in [4.78, 5) is 31.9. The topological polar surface area (TPSA) is 97.6 Å². The van der Waals surface area contributed by atoms with Gasteiger partial charge in [-0.3, -0.25) is 9.59 Å². The number of aryl methyl sites for hydroxylation is 1. The summed E-state index contributed by atoms with van der Waals surface area (Å²) < 4.78 is 6.16. The van der Waals surface area contributed by atoms with Crippen molar-refractivity contribution in [1.29, 1.82) is 0 Å². The lowest BCUT2D eigenvalue weighted by molar-refractivity contribution is -0.138. The summed E-state index contributed by atoms with van der Waals surface area (Å²) in [5, 5.41) is 5.88. The number of carbonyl (C=O) groups excluding carboxylic acids is 2. The van der Waals surface area contributed by atoms with Crippen LogP contribution in [0.5, 0.6) is 0 Å². The van der Waals surface area contributed by atoms with E-state index in [2.05, 4.69) is 17.2 Å². The zero-order chi connectivity index (χ0) is 17.6. The molecule has 3 aliphatic rings. The molecule has 0 aromatic carbocycles. The number of aromatic nitrogens is 1. The minimum atomic E-state index is -0.477. The molecule has 0 aliphatic carbocycles. The van der Waals surface area contributed by atoms with Gasteiger partial charge in [-0.25, -0.2) is 4.98 Å². The molecular weight excluding hydrogens is 340 g/mol. The van der Waals surface area contributed by atoms with Gasteiger partial charge in [0.25, 0.3) is 0 Å². The van der Waals surface area contributed by atoms with Crippen LogP contribution in [0.2, 0.25) is 0 Å². The number of thiazole rings is 1. The second kappa shape index (κ2) is 6.34. The number of hydrogen-bond acceptors (Lipinski definition) is 6. The first-order chi connectivity index (χ1) is 12.1. The summed E-state index contributed by atoms with van der Waals surface area (Å²) >= 11 is 1.55.